The lowest BCUT2D eigenvalue weighted by Crippen LogP contribution is -2.27. The summed E-state index contributed by atoms with van der Waals surface area (Å²) in [5.41, 5.74) is 5.62. The van der Waals surface area contributed by atoms with E-state index in [9.17, 15) is 13.2 Å². The van der Waals surface area contributed by atoms with E-state index >= 15 is 0 Å². The molecule has 13 heavy (non-hydrogen) atoms. The SMILES string of the molecule is NC1CCN(CCCC(F)(F)F)C1. The van der Waals surface area contributed by atoms with Gasteiger partial charge in [-0.15, -0.1) is 0 Å². The molecule has 2 N–H and O–H groups in total. The fourth-order valence-electron chi connectivity index (χ4n) is 1.57. The maximum Gasteiger partial charge on any atom is 0.389 e. The van der Waals surface area contributed by atoms with Crippen LogP contribution in [0.4, 0.5) is 13.2 Å². The van der Waals surface area contributed by atoms with E-state index in [2.05, 4.69) is 0 Å². The van der Waals surface area contributed by atoms with Crippen LogP contribution >= 0.6 is 0 Å². The highest BCUT2D eigenvalue weighted by atomic mass is 19.4. The monoisotopic (exact) mass is 196 g/mol. The van der Waals surface area contributed by atoms with Gasteiger partial charge in [-0.1, -0.05) is 0 Å². The Balaban J connectivity index is 2.07. The maximum atomic E-state index is 11.8. The van der Waals surface area contributed by atoms with Crippen LogP contribution in [0.5, 0.6) is 0 Å². The van der Waals surface area contributed by atoms with E-state index in [-0.39, 0.29) is 12.5 Å². The van der Waals surface area contributed by atoms with Gasteiger partial charge in [0.05, 0.1) is 0 Å². The molecule has 1 heterocycles. The zero-order valence-electron chi connectivity index (χ0n) is 7.48. The summed E-state index contributed by atoms with van der Waals surface area (Å²) in [5, 5.41) is 0. The van der Waals surface area contributed by atoms with E-state index in [1.54, 1.807) is 0 Å². The van der Waals surface area contributed by atoms with Crippen molar-refractivity contribution in [2.75, 3.05) is 19.6 Å². The van der Waals surface area contributed by atoms with E-state index in [1.165, 1.54) is 0 Å². The Morgan fingerprint density at radius 3 is 2.54 bits per heavy atom. The molecule has 5 heteroatoms. The van der Waals surface area contributed by atoms with Crippen LogP contribution in [0.25, 0.3) is 0 Å². The fourth-order valence-corrected chi connectivity index (χ4v) is 1.57. The summed E-state index contributed by atoms with van der Waals surface area (Å²) in [6.45, 7) is 2.12. The molecule has 1 unspecified atom stereocenters. The van der Waals surface area contributed by atoms with Crippen molar-refractivity contribution in [3.8, 4) is 0 Å². The molecule has 1 saturated heterocycles. The molecule has 0 saturated carbocycles. The molecule has 0 radical (unpaired) electrons. The van der Waals surface area contributed by atoms with Crippen LogP contribution in [0.1, 0.15) is 19.3 Å². The number of rotatable bonds is 3. The van der Waals surface area contributed by atoms with Gasteiger partial charge in [0, 0.05) is 19.0 Å². The summed E-state index contributed by atoms with van der Waals surface area (Å²) < 4.78 is 35.3. The van der Waals surface area contributed by atoms with E-state index in [4.69, 9.17) is 5.73 Å². The summed E-state index contributed by atoms with van der Waals surface area (Å²) in [6, 6.07) is 0.158. The number of hydrogen-bond donors (Lipinski definition) is 1. The standard InChI is InChI=1S/C8H15F3N2/c9-8(10,11)3-1-4-13-5-2-7(12)6-13/h7H,1-6,12H2. The first-order valence-electron chi connectivity index (χ1n) is 4.52. The average Bonchev–Trinajstić information content (AvgIpc) is 2.33. The Hall–Kier alpha value is -0.290. The number of alkyl halides is 3. The second kappa shape index (κ2) is 4.28. The number of halogens is 3. The van der Waals surface area contributed by atoms with E-state index in [0.29, 0.717) is 6.54 Å². The molecule has 0 bridgehead atoms. The van der Waals surface area contributed by atoms with Crippen LogP contribution < -0.4 is 5.73 Å². The minimum Gasteiger partial charge on any atom is -0.326 e. The minimum atomic E-state index is -4.01. The van der Waals surface area contributed by atoms with Crippen LogP contribution in [0, 0.1) is 0 Å². The first kappa shape index (κ1) is 10.8. The quantitative estimate of drug-likeness (QED) is 0.738. The van der Waals surface area contributed by atoms with Gasteiger partial charge < -0.3 is 10.6 Å². The molecule has 0 aromatic rings. The fraction of sp³-hybridized carbons (Fsp3) is 1.00. The van der Waals surface area contributed by atoms with Crippen molar-refractivity contribution in [1.82, 2.24) is 4.90 Å². The number of hydrogen-bond acceptors (Lipinski definition) is 2. The zero-order chi connectivity index (χ0) is 9.90. The highest BCUT2D eigenvalue weighted by molar-refractivity contribution is 4.77. The van der Waals surface area contributed by atoms with Crippen LogP contribution in [0.15, 0.2) is 0 Å². The van der Waals surface area contributed by atoms with E-state index in [1.807, 2.05) is 4.90 Å². The van der Waals surface area contributed by atoms with Crippen molar-refractivity contribution < 1.29 is 13.2 Å². The van der Waals surface area contributed by atoms with E-state index < -0.39 is 12.6 Å². The molecule has 1 atom stereocenters. The summed E-state index contributed by atoms with van der Waals surface area (Å²) >= 11 is 0. The van der Waals surface area contributed by atoms with Gasteiger partial charge in [-0.3, -0.25) is 0 Å². The molecule has 0 aromatic heterocycles. The second-order valence-corrected chi connectivity index (χ2v) is 3.57. The summed E-state index contributed by atoms with van der Waals surface area (Å²) in [7, 11) is 0. The smallest absolute Gasteiger partial charge is 0.326 e. The maximum absolute atomic E-state index is 11.8. The Bertz CT molecular complexity index is 158. The average molecular weight is 196 g/mol. The predicted octanol–water partition coefficient (Wildman–Crippen LogP) is 1.36. The molecule has 1 rings (SSSR count). The lowest BCUT2D eigenvalue weighted by molar-refractivity contribution is -0.136. The summed E-state index contributed by atoms with van der Waals surface area (Å²) in [4.78, 5) is 2.00. The molecule has 0 amide bonds. The summed E-state index contributed by atoms with van der Waals surface area (Å²) in [5.74, 6) is 0. The number of nitrogens with two attached hydrogens (primary N) is 1. The van der Waals surface area contributed by atoms with Gasteiger partial charge >= 0.3 is 6.18 Å². The third kappa shape index (κ3) is 4.47. The molecule has 2 nitrogen and oxygen atoms in total. The lowest BCUT2D eigenvalue weighted by atomic mass is 10.3. The van der Waals surface area contributed by atoms with Crippen molar-refractivity contribution >= 4 is 0 Å². The number of likely N-dealkylation sites (tertiary alicyclic amines) is 1. The molecule has 1 aliphatic rings. The molecule has 1 fully saturated rings. The first-order chi connectivity index (χ1) is 5.97. The van der Waals surface area contributed by atoms with Gasteiger partial charge in [0.15, 0.2) is 0 Å². The van der Waals surface area contributed by atoms with Crippen molar-refractivity contribution in [3.63, 3.8) is 0 Å². The van der Waals surface area contributed by atoms with Crippen molar-refractivity contribution in [1.29, 1.82) is 0 Å². The van der Waals surface area contributed by atoms with Crippen molar-refractivity contribution in [3.05, 3.63) is 0 Å². The molecule has 0 aromatic carbocycles. The van der Waals surface area contributed by atoms with Gasteiger partial charge in [-0.05, 0) is 25.9 Å². The van der Waals surface area contributed by atoms with Crippen LogP contribution in [0.3, 0.4) is 0 Å². The van der Waals surface area contributed by atoms with Crippen LogP contribution in [-0.2, 0) is 0 Å². The largest absolute Gasteiger partial charge is 0.389 e. The lowest BCUT2D eigenvalue weighted by Gasteiger charge is -2.15. The third-order valence-corrected chi connectivity index (χ3v) is 2.24. The highest BCUT2D eigenvalue weighted by Crippen LogP contribution is 2.21. The Morgan fingerprint density at radius 2 is 2.08 bits per heavy atom. The number of nitrogens with zero attached hydrogens (tertiary/aromatic N) is 1. The molecular weight excluding hydrogens is 181 g/mol. The highest BCUT2D eigenvalue weighted by Gasteiger charge is 2.27. The molecule has 0 spiro atoms. The van der Waals surface area contributed by atoms with E-state index in [0.717, 1.165) is 19.5 Å². The molecular formula is C8H15F3N2. The van der Waals surface area contributed by atoms with Gasteiger partial charge in [0.2, 0.25) is 0 Å². The third-order valence-electron chi connectivity index (χ3n) is 2.24. The molecule has 78 valence electrons. The second-order valence-electron chi connectivity index (χ2n) is 3.57. The normalized spacial score (nSPS) is 25.4. The van der Waals surface area contributed by atoms with Crippen LogP contribution in [0.2, 0.25) is 0 Å². The zero-order valence-corrected chi connectivity index (χ0v) is 7.48. The van der Waals surface area contributed by atoms with Crippen molar-refractivity contribution in [2.45, 2.75) is 31.5 Å². The van der Waals surface area contributed by atoms with Gasteiger partial charge in [0.25, 0.3) is 0 Å². The Kier molecular flexibility index (Phi) is 3.55. The molecule has 0 aliphatic carbocycles. The topological polar surface area (TPSA) is 29.3 Å². The Morgan fingerprint density at radius 1 is 1.38 bits per heavy atom. The van der Waals surface area contributed by atoms with Crippen LogP contribution in [-0.4, -0.2) is 36.8 Å². The van der Waals surface area contributed by atoms with Gasteiger partial charge in [-0.25, -0.2) is 0 Å². The van der Waals surface area contributed by atoms with Gasteiger partial charge in [-0.2, -0.15) is 13.2 Å². The summed E-state index contributed by atoms with van der Waals surface area (Å²) in [6.07, 6.45) is -3.59. The molecule has 1 aliphatic heterocycles. The first-order valence-corrected chi connectivity index (χ1v) is 4.52. The predicted molar refractivity (Wildman–Crippen MR) is 44.3 cm³/mol. The minimum absolute atomic E-state index is 0.158. The van der Waals surface area contributed by atoms with Crippen molar-refractivity contribution in [2.24, 2.45) is 5.73 Å². The Labute approximate surface area is 75.9 Å². The van der Waals surface area contributed by atoms with Gasteiger partial charge in [0.1, 0.15) is 0 Å².